The molecule has 0 radical (unpaired) electrons. The van der Waals surface area contributed by atoms with Crippen LogP contribution in [-0.2, 0) is 16.1 Å². The Kier molecular flexibility index (Phi) is 6.58. The average Bonchev–Trinajstić information content (AvgIpc) is 3.71. The predicted octanol–water partition coefficient (Wildman–Crippen LogP) is 2.78. The molecule has 0 saturated heterocycles. The Morgan fingerprint density at radius 1 is 1.03 bits per heavy atom. The summed E-state index contributed by atoms with van der Waals surface area (Å²) in [5, 5.41) is 6.30. The lowest BCUT2D eigenvalue weighted by Crippen LogP contribution is -2.51. The second kappa shape index (κ2) is 9.93. The van der Waals surface area contributed by atoms with Crippen molar-refractivity contribution >= 4 is 29.1 Å². The number of amides is 3. The van der Waals surface area contributed by atoms with Gasteiger partial charge in [0, 0.05) is 36.6 Å². The van der Waals surface area contributed by atoms with Crippen molar-refractivity contribution in [1.29, 1.82) is 0 Å². The van der Waals surface area contributed by atoms with Crippen LogP contribution in [0.4, 0.5) is 11.4 Å². The number of hydrogen-bond acceptors (Lipinski definition) is 5. The average molecular weight is 462 g/mol. The van der Waals surface area contributed by atoms with Crippen LogP contribution in [0.3, 0.4) is 0 Å². The molecule has 2 fully saturated rings. The maximum atomic E-state index is 13.2. The third kappa shape index (κ3) is 4.97. The molecular weight excluding hydrogens is 430 g/mol. The summed E-state index contributed by atoms with van der Waals surface area (Å²) in [6.07, 6.45) is 11.1. The molecule has 34 heavy (non-hydrogen) atoms. The molecule has 2 heterocycles. The fourth-order valence-electron chi connectivity index (χ4n) is 4.89. The van der Waals surface area contributed by atoms with Gasteiger partial charge in [-0.05, 0) is 55.5 Å². The minimum atomic E-state index is -0.228. The summed E-state index contributed by atoms with van der Waals surface area (Å²) in [5.41, 5.74) is 2.72. The van der Waals surface area contributed by atoms with Gasteiger partial charge in [-0.25, -0.2) is 0 Å². The van der Waals surface area contributed by atoms with Gasteiger partial charge in [0.2, 0.25) is 11.8 Å². The molecule has 2 aromatic rings. The zero-order chi connectivity index (χ0) is 23.5. The van der Waals surface area contributed by atoms with Crippen LogP contribution in [0.15, 0.2) is 42.7 Å². The summed E-state index contributed by atoms with van der Waals surface area (Å²) in [6, 6.07) is 9.55. The number of nitrogens with zero attached hydrogens (tertiary/aromatic N) is 3. The smallest absolute Gasteiger partial charge is 0.251 e. The highest BCUT2D eigenvalue weighted by atomic mass is 16.2. The molecule has 0 atom stereocenters. The van der Waals surface area contributed by atoms with Gasteiger partial charge in [-0.15, -0.1) is 0 Å². The van der Waals surface area contributed by atoms with Crippen molar-refractivity contribution in [3.63, 3.8) is 0 Å². The van der Waals surface area contributed by atoms with Crippen LogP contribution in [0, 0.1) is 0 Å². The topological polar surface area (TPSA) is 94.6 Å². The number of hydrogen-bond donors (Lipinski definition) is 2. The van der Waals surface area contributed by atoms with Crippen LogP contribution in [0.1, 0.15) is 60.9 Å². The van der Waals surface area contributed by atoms with E-state index >= 15 is 0 Å². The minimum absolute atomic E-state index is 0.00936. The fraction of sp³-hybridized carbons (Fsp3) is 0.462. The van der Waals surface area contributed by atoms with Gasteiger partial charge in [0.1, 0.15) is 6.54 Å². The third-order valence-electron chi connectivity index (χ3n) is 6.89. The first-order valence-electron chi connectivity index (χ1n) is 12.3. The number of benzene rings is 1. The second-order valence-corrected chi connectivity index (χ2v) is 9.44. The van der Waals surface area contributed by atoms with E-state index in [2.05, 4.69) is 15.6 Å². The molecule has 3 amide bonds. The first kappa shape index (κ1) is 22.5. The van der Waals surface area contributed by atoms with Gasteiger partial charge >= 0.3 is 0 Å². The third-order valence-corrected chi connectivity index (χ3v) is 6.89. The van der Waals surface area contributed by atoms with Gasteiger partial charge in [-0.2, -0.15) is 0 Å². The molecule has 2 saturated carbocycles. The van der Waals surface area contributed by atoms with Crippen LogP contribution in [0.2, 0.25) is 0 Å². The molecule has 2 aliphatic carbocycles. The van der Waals surface area contributed by atoms with Crippen LogP contribution >= 0.6 is 0 Å². The zero-order valence-electron chi connectivity index (χ0n) is 19.3. The Bertz CT molecular complexity index is 1060. The fourth-order valence-corrected chi connectivity index (χ4v) is 4.89. The summed E-state index contributed by atoms with van der Waals surface area (Å²) in [5.74, 6) is -0.424. The lowest BCUT2D eigenvalue weighted by atomic mass is 9.95. The number of rotatable bonds is 7. The Morgan fingerprint density at radius 3 is 2.59 bits per heavy atom. The van der Waals surface area contributed by atoms with Gasteiger partial charge in [0.05, 0.1) is 17.9 Å². The Balaban J connectivity index is 1.35. The molecule has 1 aromatic carbocycles. The highest BCUT2D eigenvalue weighted by Crippen LogP contribution is 2.41. The number of pyridine rings is 1. The standard InChI is InChI=1S/C26H31N5O3/c32-24(16-28-20-6-2-1-3-7-20)30-17-25(33)31(21-9-10-21)22-11-8-19(13-23(22)30)26(34)29-15-18-5-4-12-27-14-18/h4-5,8,11-14,20-21,28H,1-3,6-7,9-10,15-17H2,(H,29,34). The number of carbonyl (C=O) groups is 3. The highest BCUT2D eigenvalue weighted by molar-refractivity contribution is 6.13. The van der Waals surface area contributed by atoms with Crippen molar-refractivity contribution < 1.29 is 14.4 Å². The number of aromatic nitrogens is 1. The lowest BCUT2D eigenvalue weighted by molar-refractivity contribution is -0.122. The Labute approximate surface area is 199 Å². The summed E-state index contributed by atoms with van der Waals surface area (Å²) in [7, 11) is 0. The van der Waals surface area contributed by atoms with Crippen molar-refractivity contribution in [2.24, 2.45) is 0 Å². The normalized spacial score (nSPS) is 18.5. The lowest BCUT2D eigenvalue weighted by Gasteiger charge is -2.37. The van der Waals surface area contributed by atoms with E-state index in [4.69, 9.17) is 0 Å². The van der Waals surface area contributed by atoms with Crippen LogP contribution < -0.4 is 20.4 Å². The van der Waals surface area contributed by atoms with Crippen molar-refractivity contribution in [3.05, 3.63) is 53.9 Å². The Hall–Kier alpha value is -3.26. The van der Waals surface area contributed by atoms with Crippen molar-refractivity contribution in [3.8, 4) is 0 Å². The molecule has 2 N–H and O–H groups in total. The molecule has 0 unspecified atom stereocenters. The Morgan fingerprint density at radius 2 is 1.85 bits per heavy atom. The molecule has 3 aliphatic rings. The molecule has 0 bridgehead atoms. The zero-order valence-corrected chi connectivity index (χ0v) is 19.3. The van der Waals surface area contributed by atoms with E-state index in [1.54, 1.807) is 35.5 Å². The van der Waals surface area contributed by atoms with Gasteiger partial charge < -0.3 is 15.5 Å². The van der Waals surface area contributed by atoms with Crippen molar-refractivity contribution in [2.75, 3.05) is 22.9 Å². The van der Waals surface area contributed by atoms with Gasteiger partial charge in [-0.3, -0.25) is 24.3 Å². The molecule has 8 heteroatoms. The minimum Gasteiger partial charge on any atom is -0.348 e. The van der Waals surface area contributed by atoms with E-state index in [1.165, 1.54) is 19.3 Å². The second-order valence-electron chi connectivity index (χ2n) is 9.44. The first-order chi connectivity index (χ1) is 16.6. The molecule has 8 nitrogen and oxygen atoms in total. The molecule has 0 spiro atoms. The monoisotopic (exact) mass is 461 g/mol. The molecular formula is C26H31N5O3. The van der Waals surface area contributed by atoms with E-state index in [0.29, 0.717) is 29.5 Å². The first-order valence-corrected chi connectivity index (χ1v) is 12.3. The number of nitrogens with one attached hydrogen (secondary N) is 2. The van der Waals surface area contributed by atoms with Crippen LogP contribution in [0.5, 0.6) is 0 Å². The number of anilines is 2. The predicted molar refractivity (Wildman–Crippen MR) is 130 cm³/mol. The number of fused-ring (bicyclic) bond motifs is 1. The number of carbonyl (C=O) groups excluding carboxylic acids is 3. The summed E-state index contributed by atoms with van der Waals surface area (Å²) in [4.78, 5) is 46.5. The molecule has 1 aromatic heterocycles. The van der Waals surface area contributed by atoms with Crippen LogP contribution in [-0.4, -0.2) is 47.9 Å². The van der Waals surface area contributed by atoms with E-state index in [0.717, 1.165) is 31.2 Å². The van der Waals surface area contributed by atoms with Crippen LogP contribution in [0.25, 0.3) is 0 Å². The molecule has 5 rings (SSSR count). The van der Waals surface area contributed by atoms with Gasteiger partial charge in [0.15, 0.2) is 0 Å². The summed E-state index contributed by atoms with van der Waals surface area (Å²) >= 11 is 0. The van der Waals surface area contributed by atoms with Gasteiger partial charge in [-0.1, -0.05) is 25.3 Å². The van der Waals surface area contributed by atoms with E-state index < -0.39 is 0 Å². The maximum absolute atomic E-state index is 13.2. The summed E-state index contributed by atoms with van der Waals surface area (Å²) in [6.45, 7) is 0.568. The van der Waals surface area contributed by atoms with Gasteiger partial charge in [0.25, 0.3) is 5.91 Å². The highest BCUT2D eigenvalue weighted by Gasteiger charge is 2.40. The largest absolute Gasteiger partial charge is 0.348 e. The van der Waals surface area contributed by atoms with E-state index in [9.17, 15) is 14.4 Å². The quantitative estimate of drug-likeness (QED) is 0.661. The SMILES string of the molecule is O=C(NCc1cccnc1)c1ccc2c(c1)N(C(=O)CNC1CCCCC1)CC(=O)N2C1CC1. The van der Waals surface area contributed by atoms with Crippen molar-refractivity contribution in [2.45, 2.75) is 63.6 Å². The maximum Gasteiger partial charge on any atom is 0.251 e. The molecule has 178 valence electrons. The summed E-state index contributed by atoms with van der Waals surface area (Å²) < 4.78 is 0. The van der Waals surface area contributed by atoms with Crippen molar-refractivity contribution in [1.82, 2.24) is 15.6 Å². The van der Waals surface area contributed by atoms with E-state index in [-0.39, 0.29) is 36.9 Å². The van der Waals surface area contributed by atoms with E-state index in [1.807, 2.05) is 17.0 Å². The molecule has 1 aliphatic heterocycles.